The molecule has 0 bridgehead atoms. The third kappa shape index (κ3) is 1.69. The molecule has 68 valence electrons. The summed E-state index contributed by atoms with van der Waals surface area (Å²) in [5.41, 5.74) is 3.16. The Morgan fingerprint density at radius 3 is 2.77 bits per heavy atom. The first-order chi connectivity index (χ1) is 6.36. The summed E-state index contributed by atoms with van der Waals surface area (Å²) in [6, 6.07) is 3.92. The van der Waals surface area contributed by atoms with E-state index in [4.69, 9.17) is 0 Å². The fourth-order valence-electron chi connectivity index (χ4n) is 1.07. The predicted molar refractivity (Wildman–Crippen MR) is 48.5 cm³/mol. The van der Waals surface area contributed by atoms with Crippen LogP contribution in [0.15, 0.2) is 30.9 Å². The van der Waals surface area contributed by atoms with Crippen molar-refractivity contribution in [1.82, 2.24) is 19.4 Å². The SMILES string of the molecule is Cn1cnnc1CNn1cccc1. The summed E-state index contributed by atoms with van der Waals surface area (Å²) in [7, 11) is 1.92. The van der Waals surface area contributed by atoms with Gasteiger partial charge in [-0.05, 0) is 12.1 Å². The molecule has 13 heavy (non-hydrogen) atoms. The second-order valence-electron chi connectivity index (χ2n) is 2.78. The van der Waals surface area contributed by atoms with E-state index in [1.165, 1.54) is 0 Å². The highest BCUT2D eigenvalue weighted by Crippen LogP contribution is 1.92. The number of aryl methyl sites for hydroxylation is 1. The van der Waals surface area contributed by atoms with E-state index in [0.717, 1.165) is 5.82 Å². The molecule has 2 aromatic rings. The summed E-state index contributed by atoms with van der Waals surface area (Å²) in [5.74, 6) is 0.911. The monoisotopic (exact) mass is 177 g/mol. The average molecular weight is 177 g/mol. The highest BCUT2D eigenvalue weighted by Gasteiger charge is 1.98. The van der Waals surface area contributed by atoms with Crippen LogP contribution in [0.3, 0.4) is 0 Å². The average Bonchev–Trinajstić information content (AvgIpc) is 2.72. The zero-order valence-corrected chi connectivity index (χ0v) is 7.38. The molecule has 0 unspecified atom stereocenters. The summed E-state index contributed by atoms with van der Waals surface area (Å²) in [6.07, 6.45) is 5.57. The van der Waals surface area contributed by atoms with E-state index in [9.17, 15) is 0 Å². The second kappa shape index (κ2) is 3.30. The third-order valence-corrected chi connectivity index (χ3v) is 1.83. The van der Waals surface area contributed by atoms with Crippen molar-refractivity contribution in [3.05, 3.63) is 36.7 Å². The largest absolute Gasteiger partial charge is 0.319 e. The molecule has 0 radical (unpaired) electrons. The van der Waals surface area contributed by atoms with Gasteiger partial charge < -0.3 is 9.99 Å². The van der Waals surface area contributed by atoms with Gasteiger partial charge in [-0.1, -0.05) is 0 Å². The topological polar surface area (TPSA) is 47.7 Å². The molecule has 5 heteroatoms. The fourth-order valence-corrected chi connectivity index (χ4v) is 1.07. The Morgan fingerprint density at radius 2 is 2.15 bits per heavy atom. The van der Waals surface area contributed by atoms with Crippen LogP contribution in [0.25, 0.3) is 0 Å². The van der Waals surface area contributed by atoms with Gasteiger partial charge in [0.05, 0.1) is 6.54 Å². The number of aromatic nitrogens is 4. The first-order valence-corrected chi connectivity index (χ1v) is 4.06. The lowest BCUT2D eigenvalue weighted by molar-refractivity contribution is 0.750. The number of hydrogen-bond donors (Lipinski definition) is 1. The highest BCUT2D eigenvalue weighted by molar-refractivity contribution is 4.95. The summed E-state index contributed by atoms with van der Waals surface area (Å²) >= 11 is 0. The van der Waals surface area contributed by atoms with Crippen molar-refractivity contribution in [1.29, 1.82) is 0 Å². The Morgan fingerprint density at radius 1 is 1.38 bits per heavy atom. The smallest absolute Gasteiger partial charge is 0.153 e. The molecule has 0 spiro atoms. The van der Waals surface area contributed by atoms with E-state index in [2.05, 4.69) is 15.6 Å². The first kappa shape index (κ1) is 7.85. The summed E-state index contributed by atoms with van der Waals surface area (Å²) in [4.78, 5) is 0. The van der Waals surface area contributed by atoms with Gasteiger partial charge in [-0.2, -0.15) is 0 Å². The van der Waals surface area contributed by atoms with Crippen molar-refractivity contribution >= 4 is 0 Å². The van der Waals surface area contributed by atoms with Gasteiger partial charge in [-0.25, -0.2) is 0 Å². The van der Waals surface area contributed by atoms with Crippen molar-refractivity contribution in [2.75, 3.05) is 5.43 Å². The fraction of sp³-hybridized carbons (Fsp3) is 0.250. The standard InChI is InChI=1S/C8H11N5/c1-12-7-9-11-8(12)6-10-13-4-2-3-5-13/h2-5,7,10H,6H2,1H3. The van der Waals surface area contributed by atoms with Gasteiger partial charge in [0.15, 0.2) is 5.82 Å². The molecule has 5 nitrogen and oxygen atoms in total. The molecule has 1 N–H and O–H groups in total. The Kier molecular flexibility index (Phi) is 1.99. The lowest BCUT2D eigenvalue weighted by Gasteiger charge is -2.05. The van der Waals surface area contributed by atoms with Gasteiger partial charge in [0.1, 0.15) is 6.33 Å². The minimum absolute atomic E-state index is 0.672. The lowest BCUT2D eigenvalue weighted by atomic mass is 10.6. The zero-order valence-electron chi connectivity index (χ0n) is 7.38. The molecule has 2 rings (SSSR count). The quantitative estimate of drug-likeness (QED) is 0.736. The molecular formula is C8H11N5. The number of nitrogens with one attached hydrogen (secondary N) is 1. The molecule has 0 aliphatic heterocycles. The van der Waals surface area contributed by atoms with Gasteiger partial charge in [0.25, 0.3) is 0 Å². The maximum Gasteiger partial charge on any atom is 0.153 e. The van der Waals surface area contributed by atoms with Crippen LogP contribution in [0, 0.1) is 0 Å². The van der Waals surface area contributed by atoms with Crippen LogP contribution in [-0.2, 0) is 13.6 Å². The van der Waals surface area contributed by atoms with Gasteiger partial charge in [0.2, 0.25) is 0 Å². The summed E-state index contributed by atoms with van der Waals surface area (Å²) in [6.45, 7) is 0.672. The van der Waals surface area contributed by atoms with Crippen LogP contribution in [0.2, 0.25) is 0 Å². The van der Waals surface area contributed by atoms with E-state index in [0.29, 0.717) is 6.54 Å². The van der Waals surface area contributed by atoms with Gasteiger partial charge in [0, 0.05) is 19.4 Å². The molecule has 0 saturated heterocycles. The molecule has 0 aliphatic rings. The molecule has 0 saturated carbocycles. The first-order valence-electron chi connectivity index (χ1n) is 4.06. The maximum absolute atomic E-state index is 3.95. The number of nitrogens with zero attached hydrogens (tertiary/aromatic N) is 4. The maximum atomic E-state index is 3.95. The second-order valence-corrected chi connectivity index (χ2v) is 2.78. The zero-order chi connectivity index (χ0) is 9.10. The molecule has 0 amide bonds. The van der Waals surface area contributed by atoms with Crippen LogP contribution in [0.5, 0.6) is 0 Å². The molecule has 0 aliphatic carbocycles. The van der Waals surface area contributed by atoms with Crippen LogP contribution in [-0.4, -0.2) is 19.4 Å². The van der Waals surface area contributed by atoms with E-state index in [-0.39, 0.29) is 0 Å². The highest BCUT2D eigenvalue weighted by atomic mass is 15.4. The van der Waals surface area contributed by atoms with Crippen molar-refractivity contribution in [3.63, 3.8) is 0 Å². The van der Waals surface area contributed by atoms with Crippen LogP contribution in [0.1, 0.15) is 5.82 Å². The van der Waals surface area contributed by atoms with Crippen molar-refractivity contribution in [2.45, 2.75) is 6.54 Å². The van der Waals surface area contributed by atoms with E-state index in [1.807, 2.05) is 40.8 Å². The molecule has 0 fully saturated rings. The molecular weight excluding hydrogens is 166 g/mol. The Labute approximate surface area is 76.0 Å². The Hall–Kier alpha value is -1.78. The summed E-state index contributed by atoms with van der Waals surface area (Å²) in [5, 5.41) is 7.74. The normalized spacial score (nSPS) is 10.2. The van der Waals surface area contributed by atoms with Gasteiger partial charge in [-0.3, -0.25) is 4.68 Å². The van der Waals surface area contributed by atoms with Gasteiger partial charge >= 0.3 is 0 Å². The minimum atomic E-state index is 0.672. The van der Waals surface area contributed by atoms with E-state index >= 15 is 0 Å². The molecule has 2 heterocycles. The third-order valence-electron chi connectivity index (χ3n) is 1.83. The number of hydrogen-bond acceptors (Lipinski definition) is 3. The number of rotatable bonds is 3. The molecule has 0 atom stereocenters. The van der Waals surface area contributed by atoms with Gasteiger partial charge in [-0.15, -0.1) is 10.2 Å². The Bertz CT molecular complexity index is 362. The van der Waals surface area contributed by atoms with Crippen molar-refractivity contribution < 1.29 is 0 Å². The van der Waals surface area contributed by atoms with Crippen molar-refractivity contribution in [3.8, 4) is 0 Å². The predicted octanol–water partition coefficient (Wildman–Crippen LogP) is 0.360. The van der Waals surface area contributed by atoms with Crippen LogP contribution < -0.4 is 5.43 Å². The molecule has 2 aromatic heterocycles. The lowest BCUT2D eigenvalue weighted by Crippen LogP contribution is -2.14. The molecule has 0 aromatic carbocycles. The van der Waals surface area contributed by atoms with E-state index in [1.54, 1.807) is 6.33 Å². The summed E-state index contributed by atoms with van der Waals surface area (Å²) < 4.78 is 3.77. The van der Waals surface area contributed by atoms with Crippen LogP contribution >= 0.6 is 0 Å². The van der Waals surface area contributed by atoms with Crippen LogP contribution in [0.4, 0.5) is 0 Å². The van der Waals surface area contributed by atoms with Crippen molar-refractivity contribution in [2.24, 2.45) is 7.05 Å². The Balaban J connectivity index is 1.97. The minimum Gasteiger partial charge on any atom is -0.319 e. The van der Waals surface area contributed by atoms with E-state index < -0.39 is 0 Å².